The van der Waals surface area contributed by atoms with Gasteiger partial charge in [0.05, 0.1) is 0 Å². The fourth-order valence-electron chi connectivity index (χ4n) is 0.277. The van der Waals surface area contributed by atoms with Gasteiger partial charge >= 0.3 is 17.1 Å². The molecule has 0 unspecified atom stereocenters. The molecule has 0 atom stereocenters. The number of nitrogens with zero attached hydrogens (tertiary/aromatic N) is 1. The summed E-state index contributed by atoms with van der Waals surface area (Å²) < 4.78 is 0. The average molecular weight is 149 g/mol. The van der Waals surface area contributed by atoms with E-state index in [1.165, 1.54) is 0 Å². The van der Waals surface area contributed by atoms with Crippen molar-refractivity contribution in [3.63, 3.8) is 0 Å². The van der Waals surface area contributed by atoms with Gasteiger partial charge in [-0.2, -0.15) is 18.2 Å². The van der Waals surface area contributed by atoms with Crippen molar-refractivity contribution in [1.82, 2.24) is 4.98 Å². The van der Waals surface area contributed by atoms with Crippen molar-refractivity contribution in [1.29, 1.82) is 0 Å². The van der Waals surface area contributed by atoms with E-state index in [0.717, 1.165) is 0 Å². The van der Waals surface area contributed by atoms with Gasteiger partial charge in [0.1, 0.15) is 0 Å². The summed E-state index contributed by atoms with van der Waals surface area (Å²) in [5, 5.41) is 0. The average Bonchev–Trinajstić information content (AvgIpc) is 1.72. The van der Waals surface area contributed by atoms with Crippen molar-refractivity contribution in [3.05, 3.63) is 36.7 Å². The Morgan fingerprint density at radius 1 is 1.25 bits per heavy atom. The topological polar surface area (TPSA) is 46.4 Å². The number of rotatable bonds is 0. The van der Waals surface area contributed by atoms with Crippen LogP contribution in [0.3, 0.4) is 0 Å². The van der Waals surface area contributed by atoms with E-state index in [2.05, 4.69) is 11.2 Å². The molecule has 0 amide bonds. The maximum absolute atomic E-state index is 3.66. The zero-order valence-corrected chi connectivity index (χ0v) is 5.39. The summed E-state index contributed by atoms with van der Waals surface area (Å²) in [6.45, 7) is 0. The number of pyridine rings is 1. The van der Waals surface area contributed by atoms with Crippen molar-refractivity contribution >= 4 is 0 Å². The van der Waals surface area contributed by atoms with Crippen LogP contribution in [0, 0.1) is 6.20 Å². The first kappa shape index (κ1) is 10.6. The minimum Gasteiger partial charge on any atom is -0.693 e. The molecule has 0 fully saturated rings. The Balaban J connectivity index is 0. The molecule has 2 N–H and O–H groups in total. The van der Waals surface area contributed by atoms with Crippen LogP contribution in [0.2, 0.25) is 0 Å². The molecule has 3 heteroatoms. The molecule has 0 bridgehead atoms. The van der Waals surface area contributed by atoms with E-state index in [4.69, 9.17) is 0 Å². The van der Waals surface area contributed by atoms with E-state index in [-0.39, 0.29) is 23.2 Å². The molecule has 0 spiro atoms. The number of nitrogens with two attached hydrogens (primary N) is 1. The van der Waals surface area contributed by atoms with Crippen LogP contribution in [0.25, 0.3) is 6.15 Å². The molecular weight excluding hydrogens is 143 g/mol. The molecule has 1 aromatic rings. The van der Waals surface area contributed by atoms with Gasteiger partial charge in [0.2, 0.25) is 0 Å². The molecule has 1 rings (SSSR count). The molecule has 1 radical (unpaired) electrons. The summed E-state index contributed by atoms with van der Waals surface area (Å²) in [7, 11) is 0. The molecule has 2 nitrogen and oxygen atoms in total. The van der Waals surface area contributed by atoms with Gasteiger partial charge in [-0.15, -0.1) is 0 Å². The van der Waals surface area contributed by atoms with Gasteiger partial charge in [-0.1, -0.05) is 12.4 Å². The van der Waals surface area contributed by atoms with E-state index in [0.29, 0.717) is 0 Å². The molecule has 1 aromatic heterocycles. The second kappa shape index (κ2) is 6.63. The van der Waals surface area contributed by atoms with Crippen molar-refractivity contribution in [3.8, 4) is 0 Å². The Bertz CT molecular complexity index is 82.4. The molecule has 1 heterocycles. The van der Waals surface area contributed by atoms with Gasteiger partial charge in [-0.05, 0) is 0 Å². The first-order chi connectivity index (χ1) is 3.00. The van der Waals surface area contributed by atoms with Crippen LogP contribution < -0.4 is 0 Å². The van der Waals surface area contributed by atoms with Crippen LogP contribution >= 0.6 is 0 Å². The summed E-state index contributed by atoms with van der Waals surface area (Å²) in [5.41, 5.74) is 0. The Labute approximate surface area is 59.4 Å². The number of hydrogen-bond acceptors (Lipinski definition) is 1. The summed E-state index contributed by atoms with van der Waals surface area (Å²) in [6, 6.07) is 5.50. The summed E-state index contributed by atoms with van der Waals surface area (Å²) in [4.78, 5) is 3.66. The first-order valence-electron chi connectivity index (χ1n) is 1.77. The standard InChI is InChI=1S/C5H4N.Mn.H2N/c1-2-4-6-5-3-1;;/h1-4H;;1H2/q-1;+2;-1. The molecule has 0 saturated heterocycles. The zero-order valence-electron chi connectivity index (χ0n) is 4.21. The van der Waals surface area contributed by atoms with E-state index >= 15 is 0 Å². The van der Waals surface area contributed by atoms with E-state index in [1.54, 1.807) is 12.3 Å². The van der Waals surface area contributed by atoms with E-state index in [9.17, 15) is 0 Å². The van der Waals surface area contributed by atoms with Crippen LogP contribution in [0.4, 0.5) is 0 Å². The van der Waals surface area contributed by atoms with Gasteiger partial charge in [-0.25, -0.2) is 0 Å². The summed E-state index contributed by atoms with van der Waals surface area (Å²) in [6.07, 6.45) is 4.34. The molecule has 0 aliphatic rings. The normalized spacial score (nSPS) is 6.00. The molecule has 0 aliphatic heterocycles. The molecule has 0 aromatic carbocycles. The van der Waals surface area contributed by atoms with Crippen LogP contribution in [0.5, 0.6) is 0 Å². The SMILES string of the molecule is [Mn+2].[NH2-].[c-]1ccccn1. The minimum atomic E-state index is 0. The Morgan fingerprint density at radius 3 is 2.12 bits per heavy atom. The third-order valence-corrected chi connectivity index (χ3v) is 0.517. The van der Waals surface area contributed by atoms with Crippen LogP contribution in [-0.2, 0) is 17.1 Å². The second-order valence-corrected chi connectivity index (χ2v) is 0.959. The largest absolute Gasteiger partial charge is 2.00 e. The maximum atomic E-state index is 3.66. The predicted molar refractivity (Wildman–Crippen MR) is 28.4 cm³/mol. The van der Waals surface area contributed by atoms with Crippen LogP contribution in [0.1, 0.15) is 0 Å². The third-order valence-electron chi connectivity index (χ3n) is 0.517. The Hall–Kier alpha value is -0.371. The quantitative estimate of drug-likeness (QED) is 0.408. The molecular formula is C5H6MnN2. The summed E-state index contributed by atoms with van der Waals surface area (Å²) >= 11 is 0. The second-order valence-electron chi connectivity index (χ2n) is 0.959. The monoisotopic (exact) mass is 149 g/mol. The van der Waals surface area contributed by atoms with Gasteiger partial charge in [-0.3, -0.25) is 0 Å². The Kier molecular flexibility index (Phi) is 8.77. The smallest absolute Gasteiger partial charge is 0.693 e. The van der Waals surface area contributed by atoms with Crippen molar-refractivity contribution in [2.75, 3.05) is 0 Å². The number of hydrogen-bond donors (Lipinski definition) is 0. The van der Waals surface area contributed by atoms with E-state index in [1.807, 2.05) is 12.1 Å². The van der Waals surface area contributed by atoms with Crippen LogP contribution in [0.15, 0.2) is 24.4 Å². The van der Waals surface area contributed by atoms with Gasteiger partial charge in [0.15, 0.2) is 0 Å². The zero-order chi connectivity index (χ0) is 4.24. The number of aromatic nitrogens is 1. The van der Waals surface area contributed by atoms with Gasteiger partial charge in [0.25, 0.3) is 0 Å². The predicted octanol–water partition coefficient (Wildman–Crippen LogP) is 1.60. The Morgan fingerprint density at radius 2 is 2.00 bits per heavy atom. The third kappa shape index (κ3) is 3.81. The van der Waals surface area contributed by atoms with E-state index < -0.39 is 0 Å². The molecule has 43 valence electrons. The molecule has 8 heavy (non-hydrogen) atoms. The van der Waals surface area contributed by atoms with Gasteiger partial charge in [0, 0.05) is 0 Å². The van der Waals surface area contributed by atoms with Crippen molar-refractivity contribution in [2.24, 2.45) is 0 Å². The fourth-order valence-corrected chi connectivity index (χ4v) is 0.277. The fraction of sp³-hybridized carbons (Fsp3) is 0. The minimum absolute atomic E-state index is 0. The van der Waals surface area contributed by atoms with Crippen molar-refractivity contribution in [2.45, 2.75) is 0 Å². The summed E-state index contributed by atoms with van der Waals surface area (Å²) in [5.74, 6) is 0. The van der Waals surface area contributed by atoms with Crippen LogP contribution in [-0.4, -0.2) is 4.98 Å². The maximum Gasteiger partial charge on any atom is 2.00 e. The molecule has 0 aliphatic carbocycles. The van der Waals surface area contributed by atoms with Gasteiger partial charge < -0.3 is 11.1 Å². The molecule has 0 saturated carbocycles. The van der Waals surface area contributed by atoms with Crippen molar-refractivity contribution < 1.29 is 17.1 Å². The first-order valence-corrected chi connectivity index (χ1v) is 1.77.